The lowest BCUT2D eigenvalue weighted by molar-refractivity contribution is -0.146. The largest absolute Gasteiger partial charge is 0.341 e. The van der Waals surface area contributed by atoms with Gasteiger partial charge in [-0.25, -0.2) is 0 Å². The second kappa shape index (κ2) is 8.86. The van der Waals surface area contributed by atoms with E-state index in [1.165, 1.54) is 24.0 Å². The molecule has 1 aromatic carbocycles. The number of hydrogen-bond acceptors (Lipinski definition) is 2. The van der Waals surface area contributed by atoms with Crippen molar-refractivity contribution in [3.63, 3.8) is 0 Å². The van der Waals surface area contributed by atoms with E-state index in [1.54, 1.807) is 4.90 Å². The predicted octanol–water partition coefficient (Wildman–Crippen LogP) is 3.39. The van der Waals surface area contributed by atoms with Crippen molar-refractivity contribution in [1.29, 1.82) is 0 Å². The van der Waals surface area contributed by atoms with E-state index >= 15 is 0 Å². The van der Waals surface area contributed by atoms with Gasteiger partial charge in [0.15, 0.2) is 0 Å². The molecule has 4 nitrogen and oxygen atoms in total. The Morgan fingerprint density at radius 2 is 1.71 bits per heavy atom. The van der Waals surface area contributed by atoms with Gasteiger partial charge in [-0.15, -0.1) is 0 Å². The Morgan fingerprint density at radius 3 is 2.33 bits per heavy atom. The molecule has 2 amide bonds. The average molecular weight is 330 g/mol. The number of hydrogen-bond donors (Lipinski definition) is 1. The first-order chi connectivity index (χ1) is 11.6. The Labute approximate surface area is 145 Å². The summed E-state index contributed by atoms with van der Waals surface area (Å²) in [7, 11) is 0. The normalized spacial score (nSPS) is 14.6. The molecule has 0 saturated carbocycles. The molecule has 0 aromatic heterocycles. The highest BCUT2D eigenvalue weighted by atomic mass is 16.2. The maximum Gasteiger partial charge on any atom is 0.311 e. The van der Waals surface area contributed by atoms with Gasteiger partial charge in [-0.1, -0.05) is 32.0 Å². The first-order valence-corrected chi connectivity index (χ1v) is 9.28. The molecule has 1 aromatic rings. The van der Waals surface area contributed by atoms with Gasteiger partial charge >= 0.3 is 11.8 Å². The number of benzene rings is 1. The van der Waals surface area contributed by atoms with Gasteiger partial charge in [-0.05, 0) is 62.1 Å². The highest BCUT2D eigenvalue weighted by Crippen LogP contribution is 2.24. The molecule has 0 fully saturated rings. The van der Waals surface area contributed by atoms with Crippen molar-refractivity contribution in [2.75, 3.05) is 13.1 Å². The molecule has 0 heterocycles. The number of amides is 2. The standard InChI is InChI=1S/C20H30N2O2/c1-4-12-22(13-5-2)20(24)19(23)21-15(3)17-11-10-16-8-6-7-9-18(16)14-17/h10-11,14-15H,4-9,12-13H2,1-3H3,(H,21,23). The third-order valence-corrected chi connectivity index (χ3v) is 4.69. The Balaban J connectivity index is 2.01. The highest BCUT2D eigenvalue weighted by molar-refractivity contribution is 6.35. The molecule has 0 radical (unpaired) electrons. The summed E-state index contributed by atoms with van der Waals surface area (Å²) >= 11 is 0. The van der Waals surface area contributed by atoms with E-state index < -0.39 is 11.8 Å². The minimum Gasteiger partial charge on any atom is -0.341 e. The molecule has 0 aliphatic heterocycles. The van der Waals surface area contributed by atoms with Crippen molar-refractivity contribution in [3.05, 3.63) is 34.9 Å². The van der Waals surface area contributed by atoms with Crippen molar-refractivity contribution < 1.29 is 9.59 Å². The molecule has 1 atom stereocenters. The van der Waals surface area contributed by atoms with Gasteiger partial charge in [0.1, 0.15) is 0 Å². The molecule has 1 aliphatic carbocycles. The summed E-state index contributed by atoms with van der Waals surface area (Å²) < 4.78 is 0. The smallest absolute Gasteiger partial charge is 0.311 e. The molecule has 0 spiro atoms. The number of aryl methyl sites for hydroxylation is 2. The van der Waals surface area contributed by atoms with E-state index in [2.05, 4.69) is 23.5 Å². The number of carbonyl (C=O) groups is 2. The van der Waals surface area contributed by atoms with Gasteiger partial charge in [0.2, 0.25) is 0 Å². The second-order valence-corrected chi connectivity index (χ2v) is 6.72. The van der Waals surface area contributed by atoms with Crippen LogP contribution in [0.1, 0.15) is 69.2 Å². The molecule has 0 bridgehead atoms. The fourth-order valence-electron chi connectivity index (χ4n) is 3.36. The zero-order valence-electron chi connectivity index (χ0n) is 15.2. The summed E-state index contributed by atoms with van der Waals surface area (Å²) in [5.74, 6) is -0.911. The molecule has 4 heteroatoms. The topological polar surface area (TPSA) is 49.4 Å². The van der Waals surface area contributed by atoms with Crippen LogP contribution in [0.15, 0.2) is 18.2 Å². The van der Waals surface area contributed by atoms with Crippen LogP contribution >= 0.6 is 0 Å². The first kappa shape index (κ1) is 18.5. The SMILES string of the molecule is CCCN(CCC)C(=O)C(=O)NC(C)c1ccc2c(c1)CCCC2. The van der Waals surface area contributed by atoms with Crippen LogP contribution in [-0.4, -0.2) is 29.8 Å². The molecule has 1 aliphatic rings. The van der Waals surface area contributed by atoms with Crippen LogP contribution in [0.25, 0.3) is 0 Å². The summed E-state index contributed by atoms with van der Waals surface area (Å²) in [5, 5.41) is 2.87. The molecule has 132 valence electrons. The van der Waals surface area contributed by atoms with Crippen molar-refractivity contribution in [2.45, 2.75) is 65.3 Å². The van der Waals surface area contributed by atoms with Gasteiger partial charge in [-0.3, -0.25) is 9.59 Å². The Hall–Kier alpha value is -1.84. The van der Waals surface area contributed by atoms with Crippen LogP contribution in [0.4, 0.5) is 0 Å². The van der Waals surface area contributed by atoms with Crippen LogP contribution in [0.2, 0.25) is 0 Å². The van der Waals surface area contributed by atoms with Gasteiger partial charge in [0, 0.05) is 13.1 Å². The number of fused-ring (bicyclic) bond motifs is 1. The molecule has 1 unspecified atom stereocenters. The quantitative estimate of drug-likeness (QED) is 0.813. The second-order valence-electron chi connectivity index (χ2n) is 6.72. The van der Waals surface area contributed by atoms with Crippen molar-refractivity contribution in [1.82, 2.24) is 10.2 Å². The Kier molecular flexibility index (Phi) is 6.83. The molecule has 24 heavy (non-hydrogen) atoms. The van der Waals surface area contributed by atoms with Gasteiger partial charge in [0.05, 0.1) is 6.04 Å². The van der Waals surface area contributed by atoms with E-state index in [4.69, 9.17) is 0 Å². The van der Waals surface area contributed by atoms with Crippen LogP contribution in [0, 0.1) is 0 Å². The molecule has 0 saturated heterocycles. The fraction of sp³-hybridized carbons (Fsp3) is 0.600. The first-order valence-electron chi connectivity index (χ1n) is 9.28. The van der Waals surface area contributed by atoms with Gasteiger partial charge in [-0.2, -0.15) is 0 Å². The van der Waals surface area contributed by atoms with E-state index in [1.807, 2.05) is 20.8 Å². The highest BCUT2D eigenvalue weighted by Gasteiger charge is 2.22. The number of carbonyl (C=O) groups excluding carboxylic acids is 2. The van der Waals surface area contributed by atoms with E-state index in [0.29, 0.717) is 13.1 Å². The van der Waals surface area contributed by atoms with Crippen molar-refractivity contribution >= 4 is 11.8 Å². The number of nitrogens with zero attached hydrogens (tertiary/aromatic N) is 1. The molecule has 2 rings (SSSR count). The zero-order chi connectivity index (χ0) is 17.5. The Morgan fingerprint density at radius 1 is 1.08 bits per heavy atom. The van der Waals surface area contributed by atoms with Gasteiger partial charge in [0.25, 0.3) is 0 Å². The summed E-state index contributed by atoms with van der Waals surface area (Å²) in [6, 6.07) is 6.29. The van der Waals surface area contributed by atoms with E-state index in [9.17, 15) is 9.59 Å². The minimum absolute atomic E-state index is 0.154. The summed E-state index contributed by atoms with van der Waals surface area (Å²) in [6.45, 7) is 7.24. The number of nitrogens with one attached hydrogen (secondary N) is 1. The molecular weight excluding hydrogens is 300 g/mol. The Bertz CT molecular complexity index is 577. The summed E-state index contributed by atoms with van der Waals surface area (Å²) in [4.78, 5) is 26.3. The lowest BCUT2D eigenvalue weighted by Crippen LogP contribution is -2.44. The maximum atomic E-state index is 12.3. The average Bonchev–Trinajstić information content (AvgIpc) is 2.60. The molecular formula is C20H30N2O2. The van der Waals surface area contributed by atoms with Gasteiger partial charge < -0.3 is 10.2 Å². The minimum atomic E-state index is -0.498. The van der Waals surface area contributed by atoms with E-state index in [-0.39, 0.29) is 6.04 Å². The zero-order valence-corrected chi connectivity index (χ0v) is 15.2. The van der Waals surface area contributed by atoms with Crippen LogP contribution < -0.4 is 5.32 Å². The number of rotatable bonds is 6. The van der Waals surface area contributed by atoms with Crippen LogP contribution in [-0.2, 0) is 22.4 Å². The predicted molar refractivity (Wildman–Crippen MR) is 96.8 cm³/mol. The third-order valence-electron chi connectivity index (χ3n) is 4.69. The lowest BCUT2D eigenvalue weighted by atomic mass is 9.89. The van der Waals surface area contributed by atoms with Crippen LogP contribution in [0.3, 0.4) is 0 Å². The van der Waals surface area contributed by atoms with Crippen molar-refractivity contribution in [2.24, 2.45) is 0 Å². The maximum absolute atomic E-state index is 12.3. The summed E-state index contributed by atoms with van der Waals surface area (Å²) in [5.41, 5.74) is 3.90. The molecule has 1 N–H and O–H groups in total. The monoisotopic (exact) mass is 330 g/mol. The lowest BCUT2D eigenvalue weighted by Gasteiger charge is -2.23. The van der Waals surface area contributed by atoms with E-state index in [0.717, 1.165) is 31.2 Å². The van der Waals surface area contributed by atoms with Crippen molar-refractivity contribution in [3.8, 4) is 0 Å². The summed E-state index contributed by atoms with van der Waals surface area (Å²) in [6.07, 6.45) is 6.48. The van der Waals surface area contributed by atoms with Crippen LogP contribution in [0.5, 0.6) is 0 Å². The third kappa shape index (κ3) is 4.59. The fourth-order valence-corrected chi connectivity index (χ4v) is 3.36.